The molecule has 30 heavy (non-hydrogen) atoms. The zero-order chi connectivity index (χ0) is 21.1. The van der Waals surface area contributed by atoms with E-state index in [1.165, 1.54) is 16.9 Å². The average Bonchev–Trinajstić information content (AvgIpc) is 3.50. The fourth-order valence-corrected chi connectivity index (χ4v) is 4.11. The molecule has 4 rings (SSSR count). The molecule has 154 valence electrons. The molecule has 2 aromatic carbocycles. The van der Waals surface area contributed by atoms with Gasteiger partial charge in [0, 0.05) is 17.2 Å². The van der Waals surface area contributed by atoms with Crippen LogP contribution in [0.2, 0.25) is 0 Å². The Labute approximate surface area is 180 Å². The van der Waals surface area contributed by atoms with Crippen LogP contribution in [0.15, 0.2) is 54.6 Å². The minimum atomic E-state index is -0.979. The Balaban J connectivity index is 1.56. The molecule has 6 heteroatoms. The number of nitrogens with zero attached hydrogens (tertiary/aromatic N) is 1. The van der Waals surface area contributed by atoms with Gasteiger partial charge in [0.15, 0.2) is 0 Å². The van der Waals surface area contributed by atoms with Gasteiger partial charge in [0.05, 0.1) is 5.69 Å². The molecule has 5 nitrogen and oxygen atoms in total. The smallest absolute Gasteiger partial charge is 0.351 e. The van der Waals surface area contributed by atoms with E-state index in [2.05, 4.69) is 29.4 Å². The van der Waals surface area contributed by atoms with Crippen LogP contribution in [0.5, 0.6) is 0 Å². The largest absolute Gasteiger partial charge is 0.443 e. The lowest BCUT2D eigenvalue weighted by Crippen LogP contribution is -2.33. The number of aryl methyl sites for hydroxylation is 2. The standard InChI is InChI=1S/C24H24N2O3S/c1-3-16-9-11-18(12-10-16)23-25-15(2)21(30-23)24(28)29-20(17-7-5-4-6-8-17)22(27)26-19-13-14-19/h4-12,19-20H,3,13-14H2,1-2H3,(H,26,27). The van der Waals surface area contributed by atoms with Crippen LogP contribution in [-0.2, 0) is 16.0 Å². The van der Waals surface area contributed by atoms with Crippen molar-refractivity contribution in [2.24, 2.45) is 0 Å². The Morgan fingerprint density at radius 2 is 1.83 bits per heavy atom. The maximum absolute atomic E-state index is 13.0. The summed E-state index contributed by atoms with van der Waals surface area (Å²) in [5.41, 5.74) is 3.47. The van der Waals surface area contributed by atoms with Crippen molar-refractivity contribution in [2.75, 3.05) is 0 Å². The van der Waals surface area contributed by atoms with Gasteiger partial charge in [-0.05, 0) is 31.7 Å². The van der Waals surface area contributed by atoms with Gasteiger partial charge in [-0.25, -0.2) is 9.78 Å². The van der Waals surface area contributed by atoms with E-state index < -0.39 is 12.1 Å². The summed E-state index contributed by atoms with van der Waals surface area (Å²) in [4.78, 5) is 30.7. The summed E-state index contributed by atoms with van der Waals surface area (Å²) in [5, 5.41) is 3.70. The van der Waals surface area contributed by atoms with Gasteiger partial charge >= 0.3 is 5.97 Å². The number of carbonyl (C=O) groups is 2. The average molecular weight is 421 g/mol. The number of thiazole rings is 1. The Hall–Kier alpha value is -2.99. The van der Waals surface area contributed by atoms with Crippen molar-refractivity contribution in [1.29, 1.82) is 0 Å². The summed E-state index contributed by atoms with van der Waals surface area (Å²) in [6.45, 7) is 3.90. The van der Waals surface area contributed by atoms with Crippen LogP contribution in [0.1, 0.15) is 52.4 Å². The van der Waals surface area contributed by atoms with E-state index in [9.17, 15) is 9.59 Å². The van der Waals surface area contributed by atoms with Gasteiger partial charge in [0.25, 0.3) is 5.91 Å². The Bertz CT molecular complexity index is 1040. The van der Waals surface area contributed by atoms with E-state index in [0.29, 0.717) is 16.1 Å². The van der Waals surface area contributed by atoms with Crippen molar-refractivity contribution in [2.45, 2.75) is 45.3 Å². The monoisotopic (exact) mass is 420 g/mol. The number of benzene rings is 2. The van der Waals surface area contributed by atoms with Crippen LogP contribution in [-0.4, -0.2) is 22.9 Å². The van der Waals surface area contributed by atoms with E-state index in [1.807, 2.05) is 30.3 Å². The summed E-state index contributed by atoms with van der Waals surface area (Å²) >= 11 is 1.29. The minimum absolute atomic E-state index is 0.185. The van der Waals surface area contributed by atoms with Crippen molar-refractivity contribution in [3.63, 3.8) is 0 Å². The fourth-order valence-electron chi connectivity index (χ4n) is 3.16. The maximum Gasteiger partial charge on any atom is 0.351 e. The molecule has 1 amide bonds. The first kappa shape index (κ1) is 20.3. The number of hydrogen-bond donors (Lipinski definition) is 1. The highest BCUT2D eigenvalue weighted by Crippen LogP contribution is 2.31. The highest BCUT2D eigenvalue weighted by molar-refractivity contribution is 7.17. The van der Waals surface area contributed by atoms with Crippen LogP contribution in [0.25, 0.3) is 10.6 Å². The normalized spacial score (nSPS) is 14.2. The Morgan fingerprint density at radius 3 is 2.47 bits per heavy atom. The number of hydrogen-bond acceptors (Lipinski definition) is 5. The fraction of sp³-hybridized carbons (Fsp3) is 0.292. The molecular formula is C24H24N2O3S. The number of nitrogens with one attached hydrogen (secondary N) is 1. The highest BCUT2D eigenvalue weighted by Gasteiger charge is 2.32. The molecule has 1 N–H and O–H groups in total. The first-order valence-corrected chi connectivity index (χ1v) is 11.0. The Morgan fingerprint density at radius 1 is 1.13 bits per heavy atom. The quantitative estimate of drug-likeness (QED) is 0.555. The number of aromatic nitrogens is 1. The number of carbonyl (C=O) groups excluding carboxylic acids is 2. The number of rotatable bonds is 7. The van der Waals surface area contributed by atoms with Gasteiger partial charge in [0.1, 0.15) is 9.88 Å². The molecule has 1 aromatic heterocycles. The minimum Gasteiger partial charge on any atom is -0.443 e. The van der Waals surface area contributed by atoms with Crippen LogP contribution in [0.3, 0.4) is 0 Å². The number of ether oxygens (including phenoxy) is 1. The van der Waals surface area contributed by atoms with E-state index in [4.69, 9.17) is 4.74 Å². The molecule has 1 aliphatic carbocycles. The SMILES string of the molecule is CCc1ccc(-c2nc(C)c(C(=O)OC(C(=O)NC3CC3)c3ccccc3)s2)cc1. The van der Waals surface area contributed by atoms with Crippen LogP contribution >= 0.6 is 11.3 Å². The van der Waals surface area contributed by atoms with E-state index in [0.717, 1.165) is 29.8 Å². The molecule has 1 unspecified atom stereocenters. The third-order valence-corrected chi connectivity index (χ3v) is 6.27. The number of esters is 1. The second kappa shape index (κ2) is 8.79. The summed E-state index contributed by atoms with van der Waals surface area (Å²) < 4.78 is 5.70. The van der Waals surface area contributed by atoms with Gasteiger partial charge in [-0.1, -0.05) is 61.5 Å². The predicted octanol–water partition coefficient (Wildman–Crippen LogP) is 4.86. The zero-order valence-electron chi connectivity index (χ0n) is 17.1. The predicted molar refractivity (Wildman–Crippen MR) is 117 cm³/mol. The Kier molecular flexibility index (Phi) is 5.95. The van der Waals surface area contributed by atoms with Gasteiger partial charge in [0.2, 0.25) is 6.10 Å². The van der Waals surface area contributed by atoms with E-state index in [1.54, 1.807) is 19.1 Å². The van der Waals surface area contributed by atoms with E-state index in [-0.39, 0.29) is 11.9 Å². The van der Waals surface area contributed by atoms with Crippen molar-refractivity contribution >= 4 is 23.2 Å². The van der Waals surface area contributed by atoms with Crippen LogP contribution < -0.4 is 5.32 Å². The summed E-state index contributed by atoms with van der Waals surface area (Å²) in [5.74, 6) is -0.809. The van der Waals surface area contributed by atoms with Crippen molar-refractivity contribution in [3.8, 4) is 10.6 Å². The molecule has 1 aliphatic rings. The lowest BCUT2D eigenvalue weighted by atomic mass is 10.1. The zero-order valence-corrected chi connectivity index (χ0v) is 17.9. The second-order valence-corrected chi connectivity index (χ2v) is 8.46. The van der Waals surface area contributed by atoms with E-state index >= 15 is 0 Å². The molecule has 0 saturated heterocycles. The number of amides is 1. The molecular weight excluding hydrogens is 396 g/mol. The maximum atomic E-state index is 13.0. The van der Waals surface area contributed by atoms with Gasteiger partial charge in [-0.2, -0.15) is 0 Å². The van der Waals surface area contributed by atoms with Crippen molar-refractivity contribution in [3.05, 3.63) is 76.3 Å². The molecule has 1 saturated carbocycles. The molecule has 1 heterocycles. The van der Waals surface area contributed by atoms with Crippen molar-refractivity contribution in [1.82, 2.24) is 10.3 Å². The molecule has 0 radical (unpaired) electrons. The summed E-state index contributed by atoms with van der Waals surface area (Å²) in [6, 6.07) is 17.5. The van der Waals surface area contributed by atoms with Crippen LogP contribution in [0.4, 0.5) is 0 Å². The lowest BCUT2D eigenvalue weighted by Gasteiger charge is -2.17. The molecule has 3 aromatic rings. The van der Waals surface area contributed by atoms with Gasteiger partial charge in [-0.3, -0.25) is 4.79 Å². The van der Waals surface area contributed by atoms with Crippen molar-refractivity contribution < 1.29 is 14.3 Å². The first-order chi connectivity index (χ1) is 14.5. The molecule has 0 aliphatic heterocycles. The van der Waals surface area contributed by atoms with Crippen LogP contribution in [0, 0.1) is 6.92 Å². The summed E-state index contributed by atoms with van der Waals surface area (Å²) in [6.07, 6.45) is 1.93. The third kappa shape index (κ3) is 4.60. The second-order valence-electron chi connectivity index (χ2n) is 7.46. The summed E-state index contributed by atoms with van der Waals surface area (Å²) in [7, 11) is 0. The lowest BCUT2D eigenvalue weighted by molar-refractivity contribution is -0.130. The molecule has 0 spiro atoms. The molecule has 1 fully saturated rings. The first-order valence-electron chi connectivity index (χ1n) is 10.2. The highest BCUT2D eigenvalue weighted by atomic mass is 32.1. The van der Waals surface area contributed by atoms with Gasteiger partial charge < -0.3 is 10.1 Å². The molecule has 1 atom stereocenters. The third-order valence-electron chi connectivity index (χ3n) is 5.08. The molecule has 0 bridgehead atoms. The van der Waals surface area contributed by atoms with Gasteiger partial charge in [-0.15, -0.1) is 11.3 Å². The topological polar surface area (TPSA) is 68.3 Å².